The van der Waals surface area contributed by atoms with Gasteiger partial charge in [0, 0.05) is 25.6 Å². The number of nitrogens with one attached hydrogen (secondary N) is 1. The molecule has 2 heterocycles. The molecule has 0 bridgehead atoms. The van der Waals surface area contributed by atoms with Crippen LogP contribution in [0, 0.1) is 11.3 Å². The van der Waals surface area contributed by atoms with Crippen molar-refractivity contribution in [2.75, 3.05) is 19.6 Å². The Hall–Kier alpha value is -0.570. The monoisotopic (exact) mass is 252 g/mol. The first-order valence-electron chi connectivity index (χ1n) is 7.48. The molecule has 2 fully saturated rings. The highest BCUT2D eigenvalue weighted by Crippen LogP contribution is 2.34. The third-order valence-corrected chi connectivity index (χ3v) is 4.63. The van der Waals surface area contributed by atoms with Crippen molar-refractivity contribution in [1.29, 1.82) is 0 Å². The van der Waals surface area contributed by atoms with E-state index in [1.54, 1.807) is 0 Å². The first-order chi connectivity index (χ1) is 8.47. The maximum Gasteiger partial charge on any atom is 0.222 e. The number of rotatable bonds is 2. The zero-order valence-corrected chi connectivity index (χ0v) is 12.2. The fraction of sp³-hybridized carbons (Fsp3) is 0.933. The lowest BCUT2D eigenvalue weighted by Crippen LogP contribution is -2.40. The van der Waals surface area contributed by atoms with Gasteiger partial charge in [-0.2, -0.15) is 0 Å². The minimum Gasteiger partial charge on any atom is -0.341 e. The Morgan fingerprint density at radius 3 is 2.67 bits per heavy atom. The number of hydrogen-bond acceptors (Lipinski definition) is 2. The smallest absolute Gasteiger partial charge is 0.222 e. The summed E-state index contributed by atoms with van der Waals surface area (Å²) in [5, 5.41) is 3.49. The van der Waals surface area contributed by atoms with Crippen molar-refractivity contribution >= 4 is 5.91 Å². The van der Waals surface area contributed by atoms with E-state index in [2.05, 4.69) is 31.0 Å². The highest BCUT2D eigenvalue weighted by molar-refractivity contribution is 5.76. The zero-order valence-electron chi connectivity index (χ0n) is 12.2. The van der Waals surface area contributed by atoms with Gasteiger partial charge >= 0.3 is 0 Å². The molecule has 2 saturated heterocycles. The van der Waals surface area contributed by atoms with Gasteiger partial charge in [0.2, 0.25) is 5.91 Å². The van der Waals surface area contributed by atoms with E-state index >= 15 is 0 Å². The Bertz CT molecular complexity index is 289. The van der Waals surface area contributed by atoms with Crippen LogP contribution in [0.2, 0.25) is 0 Å². The van der Waals surface area contributed by atoms with Crippen LogP contribution in [0.15, 0.2) is 0 Å². The van der Waals surface area contributed by atoms with Crippen LogP contribution < -0.4 is 5.32 Å². The fourth-order valence-corrected chi connectivity index (χ4v) is 3.27. The summed E-state index contributed by atoms with van der Waals surface area (Å²) < 4.78 is 0. The molecule has 0 saturated carbocycles. The number of carbonyl (C=O) groups is 1. The molecule has 0 aromatic carbocycles. The lowest BCUT2D eigenvalue weighted by Gasteiger charge is -2.30. The van der Waals surface area contributed by atoms with Crippen LogP contribution in [0.1, 0.15) is 52.9 Å². The zero-order chi connectivity index (χ0) is 13.2. The van der Waals surface area contributed by atoms with Gasteiger partial charge in [-0.25, -0.2) is 0 Å². The molecule has 18 heavy (non-hydrogen) atoms. The first-order valence-corrected chi connectivity index (χ1v) is 7.48. The molecule has 2 rings (SSSR count). The van der Waals surface area contributed by atoms with Crippen molar-refractivity contribution in [2.45, 2.75) is 58.9 Å². The average Bonchev–Trinajstić information content (AvgIpc) is 2.70. The van der Waals surface area contributed by atoms with Gasteiger partial charge in [0.25, 0.3) is 0 Å². The van der Waals surface area contributed by atoms with Crippen molar-refractivity contribution in [2.24, 2.45) is 11.3 Å². The van der Waals surface area contributed by atoms with Crippen LogP contribution in [0.3, 0.4) is 0 Å². The van der Waals surface area contributed by atoms with E-state index in [1.807, 2.05) is 0 Å². The minimum absolute atomic E-state index is 0.335. The lowest BCUT2D eigenvalue weighted by atomic mass is 9.77. The molecule has 2 atom stereocenters. The molecule has 0 radical (unpaired) electrons. The van der Waals surface area contributed by atoms with Crippen molar-refractivity contribution in [3.63, 3.8) is 0 Å². The summed E-state index contributed by atoms with van der Waals surface area (Å²) in [5.41, 5.74) is 0.335. The molecule has 0 aromatic rings. The fourth-order valence-electron chi connectivity index (χ4n) is 3.27. The van der Waals surface area contributed by atoms with Crippen molar-refractivity contribution in [1.82, 2.24) is 10.2 Å². The molecule has 1 N–H and O–H groups in total. The van der Waals surface area contributed by atoms with Crippen molar-refractivity contribution in [3.05, 3.63) is 0 Å². The predicted octanol–water partition coefficient (Wildman–Crippen LogP) is 2.41. The topological polar surface area (TPSA) is 32.3 Å². The third kappa shape index (κ3) is 3.47. The Labute approximate surface area is 111 Å². The van der Waals surface area contributed by atoms with Gasteiger partial charge in [-0.3, -0.25) is 4.79 Å². The number of carbonyl (C=O) groups excluding carboxylic acids is 1. The highest BCUT2D eigenvalue weighted by Gasteiger charge is 2.31. The molecular weight excluding hydrogens is 224 g/mol. The van der Waals surface area contributed by atoms with Gasteiger partial charge in [0.05, 0.1) is 0 Å². The number of amides is 1. The van der Waals surface area contributed by atoms with Gasteiger partial charge in [0.15, 0.2) is 0 Å². The van der Waals surface area contributed by atoms with Gasteiger partial charge < -0.3 is 10.2 Å². The standard InChI is InChI=1S/C15H28N2O/c1-15(2,3)12-6-7-14(18)17(10-8-12)11-13-5-4-9-16-13/h12-13,16H,4-11H2,1-3H3/t12?,13-/m0/s1. The van der Waals surface area contributed by atoms with Gasteiger partial charge in [-0.15, -0.1) is 0 Å². The number of nitrogens with zero attached hydrogens (tertiary/aromatic N) is 1. The Kier molecular flexibility index (Phi) is 4.31. The van der Waals surface area contributed by atoms with E-state index in [-0.39, 0.29) is 0 Å². The van der Waals surface area contributed by atoms with Crippen LogP contribution >= 0.6 is 0 Å². The van der Waals surface area contributed by atoms with E-state index in [1.165, 1.54) is 19.3 Å². The van der Waals surface area contributed by atoms with Gasteiger partial charge in [-0.1, -0.05) is 20.8 Å². The van der Waals surface area contributed by atoms with E-state index < -0.39 is 0 Å². The molecular formula is C15H28N2O. The van der Waals surface area contributed by atoms with E-state index in [4.69, 9.17) is 0 Å². The van der Waals surface area contributed by atoms with E-state index in [0.717, 1.165) is 32.5 Å². The van der Waals surface area contributed by atoms with Gasteiger partial charge in [-0.05, 0) is 43.6 Å². The maximum absolute atomic E-state index is 12.2. The SMILES string of the molecule is CC(C)(C)C1CCC(=O)N(C[C@@H]2CCCN2)CC1. The second-order valence-electron chi connectivity index (χ2n) is 7.02. The molecule has 2 aliphatic heterocycles. The van der Waals surface area contributed by atoms with Crippen molar-refractivity contribution < 1.29 is 4.79 Å². The van der Waals surface area contributed by atoms with Crippen LogP contribution in [0.5, 0.6) is 0 Å². The highest BCUT2D eigenvalue weighted by atomic mass is 16.2. The van der Waals surface area contributed by atoms with E-state index in [9.17, 15) is 4.79 Å². The summed E-state index contributed by atoms with van der Waals surface area (Å²) >= 11 is 0. The van der Waals surface area contributed by atoms with Crippen LogP contribution in [0.25, 0.3) is 0 Å². The Morgan fingerprint density at radius 2 is 2.06 bits per heavy atom. The van der Waals surface area contributed by atoms with E-state index in [0.29, 0.717) is 23.3 Å². The molecule has 3 nitrogen and oxygen atoms in total. The molecule has 0 aliphatic carbocycles. The summed E-state index contributed by atoms with van der Waals surface area (Å²) in [6.45, 7) is 9.91. The second kappa shape index (κ2) is 5.60. The molecule has 1 amide bonds. The summed E-state index contributed by atoms with van der Waals surface area (Å²) in [4.78, 5) is 14.3. The largest absolute Gasteiger partial charge is 0.341 e. The molecule has 0 aromatic heterocycles. The molecule has 0 spiro atoms. The Balaban J connectivity index is 1.90. The predicted molar refractivity (Wildman–Crippen MR) is 74.4 cm³/mol. The first kappa shape index (κ1) is 13.9. The summed E-state index contributed by atoms with van der Waals surface area (Å²) in [6, 6.07) is 0.542. The molecule has 2 aliphatic rings. The average molecular weight is 252 g/mol. The third-order valence-electron chi connectivity index (χ3n) is 4.63. The van der Waals surface area contributed by atoms with Crippen LogP contribution in [-0.4, -0.2) is 36.5 Å². The summed E-state index contributed by atoms with van der Waals surface area (Å²) in [5.74, 6) is 1.05. The van der Waals surface area contributed by atoms with Crippen molar-refractivity contribution in [3.8, 4) is 0 Å². The maximum atomic E-state index is 12.2. The molecule has 1 unspecified atom stereocenters. The number of hydrogen-bond donors (Lipinski definition) is 1. The quantitative estimate of drug-likeness (QED) is 0.818. The van der Waals surface area contributed by atoms with Crippen LogP contribution in [0.4, 0.5) is 0 Å². The normalized spacial score (nSPS) is 30.6. The van der Waals surface area contributed by atoms with Crippen LogP contribution in [-0.2, 0) is 4.79 Å². The lowest BCUT2D eigenvalue weighted by molar-refractivity contribution is -0.131. The summed E-state index contributed by atoms with van der Waals surface area (Å²) in [6.07, 6.45) is 5.47. The molecule has 3 heteroatoms. The summed E-state index contributed by atoms with van der Waals surface area (Å²) in [7, 11) is 0. The number of likely N-dealkylation sites (tertiary alicyclic amines) is 1. The molecule has 104 valence electrons. The second-order valence-corrected chi connectivity index (χ2v) is 7.02. The minimum atomic E-state index is 0.335. The Morgan fingerprint density at radius 1 is 1.28 bits per heavy atom. The van der Waals surface area contributed by atoms with Gasteiger partial charge in [0.1, 0.15) is 0 Å².